The zero-order valence-corrected chi connectivity index (χ0v) is 15.2. The van der Waals surface area contributed by atoms with E-state index >= 15 is 0 Å². The quantitative estimate of drug-likeness (QED) is 0.579. The fourth-order valence-electron chi connectivity index (χ4n) is 2.32. The number of carbonyl (C=O) groups excluding carboxylic acids is 2. The minimum Gasteiger partial charge on any atom is -0.548 e. The van der Waals surface area contributed by atoms with Crippen molar-refractivity contribution in [3.63, 3.8) is 0 Å². The Hall–Kier alpha value is -2.16. The van der Waals surface area contributed by atoms with Gasteiger partial charge in [-0.2, -0.15) is 0 Å². The molecule has 9 heteroatoms. The summed E-state index contributed by atoms with van der Waals surface area (Å²) in [5.74, 6) is -1.31. The molecule has 25 heavy (non-hydrogen) atoms. The number of nitrogens with zero attached hydrogens (tertiary/aromatic N) is 2. The fourth-order valence-corrected chi connectivity index (χ4v) is 3.77. The summed E-state index contributed by atoms with van der Waals surface area (Å²) in [6.07, 6.45) is 1.55. The zero-order chi connectivity index (χ0) is 18.1. The number of ether oxygens (including phenoxy) is 1. The molecule has 0 atom stereocenters. The van der Waals surface area contributed by atoms with Crippen molar-refractivity contribution in [3.8, 4) is 5.75 Å². The number of methoxy groups -OCH3 is 1. The Kier molecular flexibility index (Phi) is 4.94. The van der Waals surface area contributed by atoms with E-state index in [0.29, 0.717) is 26.9 Å². The zero-order valence-electron chi connectivity index (χ0n) is 12.8. The summed E-state index contributed by atoms with van der Waals surface area (Å²) in [6, 6.07) is 6.91. The number of benzene rings is 1. The molecule has 0 unspecified atom stereocenters. The molecule has 128 valence electrons. The molecule has 1 aliphatic heterocycles. The first-order chi connectivity index (χ1) is 11.9. The third-order valence-electron chi connectivity index (χ3n) is 3.45. The standard InChI is InChI=1S/C16H11ClN2O4S2/c1-23-11-5-4-10(17)9-3-2-8(18-14(9)11)6-12-15(22)19(7-13(20)21)16(24)25-12/h2-6H,7H2,1H3,(H,20,21)/p-1/b12-6-. The van der Waals surface area contributed by atoms with Crippen LogP contribution in [0.15, 0.2) is 29.2 Å². The number of aliphatic carboxylic acids is 1. The topological polar surface area (TPSA) is 82.6 Å². The van der Waals surface area contributed by atoms with Crippen LogP contribution in [-0.4, -0.2) is 39.7 Å². The Bertz CT molecular complexity index is 945. The highest BCUT2D eigenvalue weighted by atomic mass is 35.5. The van der Waals surface area contributed by atoms with Gasteiger partial charge in [0.2, 0.25) is 0 Å². The molecule has 6 nitrogen and oxygen atoms in total. The van der Waals surface area contributed by atoms with E-state index in [-0.39, 0.29) is 4.32 Å². The molecule has 1 aromatic heterocycles. The number of rotatable bonds is 4. The molecule has 0 aliphatic carbocycles. The predicted octanol–water partition coefficient (Wildman–Crippen LogP) is 1.85. The minimum atomic E-state index is -1.37. The van der Waals surface area contributed by atoms with Crippen LogP contribution in [0.5, 0.6) is 5.75 Å². The lowest BCUT2D eigenvalue weighted by Gasteiger charge is -2.14. The average molecular weight is 394 g/mol. The van der Waals surface area contributed by atoms with Crippen molar-refractivity contribution in [2.45, 2.75) is 0 Å². The second kappa shape index (κ2) is 6.99. The summed E-state index contributed by atoms with van der Waals surface area (Å²) in [5.41, 5.74) is 1.07. The number of halogens is 1. The maximum absolute atomic E-state index is 12.3. The molecule has 3 rings (SSSR count). The SMILES string of the molecule is COc1ccc(Cl)c2ccc(/C=C3\SC(=S)N(CC(=O)[O-])C3=O)nc12. The number of aromatic nitrogens is 1. The Balaban J connectivity index is 2.00. The Morgan fingerprint density at radius 3 is 2.88 bits per heavy atom. The minimum absolute atomic E-state index is 0.168. The number of pyridine rings is 1. The van der Waals surface area contributed by atoms with Gasteiger partial charge < -0.3 is 14.6 Å². The van der Waals surface area contributed by atoms with E-state index in [4.69, 9.17) is 28.6 Å². The van der Waals surface area contributed by atoms with Gasteiger partial charge in [0.25, 0.3) is 5.91 Å². The molecule has 1 aliphatic rings. The summed E-state index contributed by atoms with van der Waals surface area (Å²) >= 11 is 12.2. The van der Waals surface area contributed by atoms with Gasteiger partial charge in [-0.15, -0.1) is 0 Å². The highest BCUT2D eigenvalue weighted by Crippen LogP contribution is 2.34. The van der Waals surface area contributed by atoms with E-state index in [2.05, 4.69) is 4.98 Å². The average Bonchev–Trinajstić information content (AvgIpc) is 2.82. The van der Waals surface area contributed by atoms with Gasteiger partial charge in [0, 0.05) is 5.39 Å². The Labute approximate surface area is 157 Å². The maximum Gasteiger partial charge on any atom is 0.266 e. The lowest BCUT2D eigenvalue weighted by atomic mass is 10.2. The Morgan fingerprint density at radius 2 is 2.20 bits per heavy atom. The number of carboxylic acid groups (broad SMARTS) is 1. The molecule has 2 aromatic rings. The molecule has 1 saturated heterocycles. The molecule has 0 bridgehead atoms. The molecule has 1 amide bonds. The van der Waals surface area contributed by atoms with Crippen molar-refractivity contribution in [2.75, 3.05) is 13.7 Å². The third-order valence-corrected chi connectivity index (χ3v) is 5.16. The number of hydrogen-bond donors (Lipinski definition) is 0. The van der Waals surface area contributed by atoms with Gasteiger partial charge in [0.1, 0.15) is 15.6 Å². The molecule has 0 N–H and O–H groups in total. The lowest BCUT2D eigenvalue weighted by molar-refractivity contribution is -0.305. The normalized spacial score (nSPS) is 16.1. The first-order valence-electron chi connectivity index (χ1n) is 6.99. The monoisotopic (exact) mass is 393 g/mol. The molecule has 0 spiro atoms. The third kappa shape index (κ3) is 3.46. The molecule has 1 aromatic carbocycles. The van der Waals surface area contributed by atoms with Crippen LogP contribution in [0.25, 0.3) is 17.0 Å². The highest BCUT2D eigenvalue weighted by Gasteiger charge is 2.32. The molecule has 1 fully saturated rings. The summed E-state index contributed by atoms with van der Waals surface area (Å²) < 4.78 is 5.46. The first-order valence-corrected chi connectivity index (χ1v) is 8.59. The summed E-state index contributed by atoms with van der Waals surface area (Å²) in [6.45, 7) is -0.573. The second-order valence-electron chi connectivity index (χ2n) is 5.02. The van der Waals surface area contributed by atoms with Gasteiger partial charge in [0.15, 0.2) is 0 Å². The van der Waals surface area contributed by atoms with E-state index in [1.54, 1.807) is 30.3 Å². The van der Waals surface area contributed by atoms with Gasteiger partial charge in [0.05, 0.1) is 35.2 Å². The smallest absolute Gasteiger partial charge is 0.266 e. The summed E-state index contributed by atoms with van der Waals surface area (Å²) in [4.78, 5) is 28.8. The predicted molar refractivity (Wildman–Crippen MR) is 98.2 cm³/mol. The fraction of sp³-hybridized carbons (Fsp3) is 0.125. The van der Waals surface area contributed by atoms with Gasteiger partial charge >= 0.3 is 0 Å². The van der Waals surface area contributed by atoms with Crippen LogP contribution in [0.1, 0.15) is 5.69 Å². The van der Waals surface area contributed by atoms with Crippen molar-refractivity contribution in [1.82, 2.24) is 9.88 Å². The van der Waals surface area contributed by atoms with Crippen molar-refractivity contribution < 1.29 is 19.4 Å². The van der Waals surface area contributed by atoms with Crippen LogP contribution >= 0.6 is 35.6 Å². The van der Waals surface area contributed by atoms with Crippen LogP contribution in [0.2, 0.25) is 5.02 Å². The lowest BCUT2D eigenvalue weighted by Crippen LogP contribution is -2.40. The molecule has 0 saturated carbocycles. The highest BCUT2D eigenvalue weighted by molar-refractivity contribution is 8.26. The Morgan fingerprint density at radius 1 is 1.44 bits per heavy atom. The number of thiocarbonyl (C=S) groups is 1. The number of thioether (sulfide) groups is 1. The van der Waals surface area contributed by atoms with E-state index in [1.807, 2.05) is 0 Å². The van der Waals surface area contributed by atoms with Gasteiger partial charge in [-0.25, -0.2) is 4.98 Å². The van der Waals surface area contributed by atoms with Crippen LogP contribution in [0.3, 0.4) is 0 Å². The van der Waals surface area contributed by atoms with Crippen LogP contribution in [-0.2, 0) is 9.59 Å². The van der Waals surface area contributed by atoms with Crippen molar-refractivity contribution in [2.24, 2.45) is 0 Å². The van der Waals surface area contributed by atoms with Gasteiger partial charge in [-0.3, -0.25) is 9.69 Å². The molecular formula is C16H10ClN2O4S2-. The first kappa shape index (κ1) is 17.7. The maximum atomic E-state index is 12.3. The van der Waals surface area contributed by atoms with E-state index < -0.39 is 18.4 Å². The number of carbonyl (C=O) groups is 2. The van der Waals surface area contributed by atoms with E-state index in [1.165, 1.54) is 7.11 Å². The van der Waals surface area contributed by atoms with Crippen molar-refractivity contribution in [3.05, 3.63) is 39.9 Å². The van der Waals surface area contributed by atoms with Crippen LogP contribution in [0.4, 0.5) is 0 Å². The van der Waals surface area contributed by atoms with Gasteiger partial charge in [-0.05, 0) is 30.3 Å². The molecule has 0 radical (unpaired) electrons. The number of hydrogen-bond acceptors (Lipinski definition) is 7. The summed E-state index contributed by atoms with van der Waals surface area (Å²) in [7, 11) is 1.53. The molecule has 2 heterocycles. The van der Waals surface area contributed by atoms with E-state index in [9.17, 15) is 14.7 Å². The summed E-state index contributed by atoms with van der Waals surface area (Å²) in [5, 5.41) is 12.0. The van der Waals surface area contributed by atoms with Crippen LogP contribution in [0, 0.1) is 0 Å². The van der Waals surface area contributed by atoms with Crippen molar-refractivity contribution >= 4 is 68.8 Å². The number of fused-ring (bicyclic) bond motifs is 1. The number of amides is 1. The van der Waals surface area contributed by atoms with Crippen LogP contribution < -0.4 is 9.84 Å². The van der Waals surface area contributed by atoms with Gasteiger partial charge in [-0.1, -0.05) is 35.6 Å². The molecular weight excluding hydrogens is 384 g/mol. The largest absolute Gasteiger partial charge is 0.548 e. The number of carboxylic acids is 1. The van der Waals surface area contributed by atoms with Crippen molar-refractivity contribution in [1.29, 1.82) is 0 Å². The van der Waals surface area contributed by atoms with E-state index in [0.717, 1.165) is 22.0 Å². The second-order valence-corrected chi connectivity index (χ2v) is 7.10.